The second kappa shape index (κ2) is 4.70. The van der Waals surface area contributed by atoms with Crippen LogP contribution in [0.15, 0.2) is 24.4 Å². The minimum absolute atomic E-state index is 0.0691. The van der Waals surface area contributed by atoms with E-state index in [4.69, 9.17) is 17.3 Å². The molecule has 3 nitrogen and oxygen atoms in total. The number of nitrogens with zero attached hydrogens (tertiary/aromatic N) is 2. The van der Waals surface area contributed by atoms with Gasteiger partial charge in [-0.3, -0.25) is 0 Å². The van der Waals surface area contributed by atoms with E-state index < -0.39 is 22.6 Å². The second-order valence-corrected chi connectivity index (χ2v) is 4.38. The summed E-state index contributed by atoms with van der Waals surface area (Å²) in [6.07, 6.45) is 1.14. The van der Waals surface area contributed by atoms with Gasteiger partial charge in [-0.1, -0.05) is 11.6 Å². The minimum atomic E-state index is -3.18. The Labute approximate surface area is 112 Å². The van der Waals surface area contributed by atoms with E-state index in [2.05, 4.69) is 9.97 Å². The van der Waals surface area contributed by atoms with Crippen LogP contribution in [0.5, 0.6) is 0 Å². The van der Waals surface area contributed by atoms with E-state index in [9.17, 15) is 13.2 Å². The summed E-state index contributed by atoms with van der Waals surface area (Å²) in [5.41, 5.74) is 5.43. The van der Waals surface area contributed by atoms with Gasteiger partial charge in [0.05, 0.1) is 17.6 Å². The monoisotopic (exact) mass is 287 g/mol. The number of hydrogen-bond donors (Lipinski definition) is 1. The Morgan fingerprint density at radius 1 is 1.32 bits per heavy atom. The lowest BCUT2D eigenvalue weighted by Gasteiger charge is -2.11. The van der Waals surface area contributed by atoms with Gasteiger partial charge in [0, 0.05) is 12.5 Å². The third-order valence-electron chi connectivity index (χ3n) is 2.44. The molecule has 0 bridgehead atoms. The highest BCUT2D eigenvalue weighted by molar-refractivity contribution is 6.30. The topological polar surface area (TPSA) is 51.8 Å². The van der Waals surface area contributed by atoms with Gasteiger partial charge < -0.3 is 5.73 Å². The maximum Gasteiger partial charge on any atom is 0.290 e. The minimum Gasteiger partial charge on any atom is -0.396 e. The van der Waals surface area contributed by atoms with Gasteiger partial charge in [-0.15, -0.1) is 0 Å². The normalized spacial score (nSPS) is 11.6. The Morgan fingerprint density at radius 2 is 2.00 bits per heavy atom. The standard InChI is InChI=1S/C12H9ClF3N3/c1-12(15,16)10-11(13)19-9(5-18-10)6-2-3-7(14)8(17)4-6/h2-5H,17H2,1H3. The molecule has 1 aromatic carbocycles. The van der Waals surface area contributed by atoms with E-state index in [1.165, 1.54) is 12.1 Å². The summed E-state index contributed by atoms with van der Waals surface area (Å²) >= 11 is 5.68. The fourth-order valence-electron chi connectivity index (χ4n) is 1.50. The maximum absolute atomic E-state index is 13.1. The number of anilines is 1. The van der Waals surface area contributed by atoms with E-state index in [1.807, 2.05) is 0 Å². The van der Waals surface area contributed by atoms with Crippen molar-refractivity contribution in [3.05, 3.63) is 41.1 Å². The quantitative estimate of drug-likeness (QED) is 0.858. The van der Waals surface area contributed by atoms with Crippen LogP contribution >= 0.6 is 11.6 Å². The number of aromatic nitrogens is 2. The lowest BCUT2D eigenvalue weighted by atomic mass is 10.1. The van der Waals surface area contributed by atoms with Gasteiger partial charge in [0.1, 0.15) is 11.5 Å². The first kappa shape index (κ1) is 13.6. The Morgan fingerprint density at radius 3 is 2.53 bits per heavy atom. The zero-order valence-corrected chi connectivity index (χ0v) is 10.5. The molecule has 0 saturated carbocycles. The number of alkyl halides is 2. The van der Waals surface area contributed by atoms with Gasteiger partial charge in [0.15, 0.2) is 5.15 Å². The first-order valence-electron chi connectivity index (χ1n) is 5.25. The van der Waals surface area contributed by atoms with Crippen molar-refractivity contribution < 1.29 is 13.2 Å². The van der Waals surface area contributed by atoms with Crippen molar-refractivity contribution in [1.82, 2.24) is 9.97 Å². The molecule has 0 atom stereocenters. The maximum atomic E-state index is 13.1. The fraction of sp³-hybridized carbons (Fsp3) is 0.167. The number of nitrogen functional groups attached to an aromatic ring is 1. The van der Waals surface area contributed by atoms with Crippen molar-refractivity contribution in [2.45, 2.75) is 12.8 Å². The smallest absolute Gasteiger partial charge is 0.290 e. The van der Waals surface area contributed by atoms with Crippen LogP contribution in [0.1, 0.15) is 12.6 Å². The number of rotatable bonds is 2. The molecule has 0 fully saturated rings. The summed E-state index contributed by atoms with van der Waals surface area (Å²) in [4.78, 5) is 7.42. The van der Waals surface area contributed by atoms with Crippen molar-refractivity contribution in [3.63, 3.8) is 0 Å². The summed E-state index contributed by atoms with van der Waals surface area (Å²) in [5, 5.41) is -0.395. The summed E-state index contributed by atoms with van der Waals surface area (Å²) < 4.78 is 39.2. The Kier molecular flexibility index (Phi) is 3.36. The van der Waals surface area contributed by atoms with Crippen LogP contribution < -0.4 is 5.73 Å². The predicted molar refractivity (Wildman–Crippen MR) is 66.4 cm³/mol. The first-order chi connectivity index (χ1) is 8.79. The predicted octanol–water partition coefficient (Wildman–Crippen LogP) is 3.63. The van der Waals surface area contributed by atoms with Gasteiger partial charge in [-0.25, -0.2) is 14.4 Å². The Bertz CT molecular complexity index is 626. The Balaban J connectivity index is 2.47. The van der Waals surface area contributed by atoms with Gasteiger partial charge >= 0.3 is 0 Å². The lowest BCUT2D eigenvalue weighted by molar-refractivity contribution is 0.0125. The molecule has 1 heterocycles. The third-order valence-corrected chi connectivity index (χ3v) is 2.70. The molecule has 7 heteroatoms. The lowest BCUT2D eigenvalue weighted by Crippen LogP contribution is -2.11. The van der Waals surface area contributed by atoms with E-state index >= 15 is 0 Å². The summed E-state index contributed by atoms with van der Waals surface area (Å²) in [6, 6.07) is 3.90. The molecule has 2 rings (SSSR count). The van der Waals surface area contributed by atoms with Gasteiger partial charge in [0.2, 0.25) is 0 Å². The zero-order valence-electron chi connectivity index (χ0n) is 9.79. The molecule has 0 spiro atoms. The molecule has 0 aliphatic heterocycles. The Hall–Kier alpha value is -1.82. The summed E-state index contributed by atoms with van der Waals surface area (Å²) in [6.45, 7) is 0.679. The SMILES string of the molecule is CC(F)(F)c1ncc(-c2ccc(F)c(N)c2)nc1Cl. The largest absolute Gasteiger partial charge is 0.396 e. The molecule has 100 valence electrons. The molecule has 0 amide bonds. The van der Waals surface area contributed by atoms with Crippen molar-refractivity contribution in [3.8, 4) is 11.3 Å². The number of benzene rings is 1. The van der Waals surface area contributed by atoms with Crippen LogP contribution in [-0.4, -0.2) is 9.97 Å². The van der Waals surface area contributed by atoms with Crippen LogP contribution in [0, 0.1) is 5.82 Å². The van der Waals surface area contributed by atoms with E-state index in [0.29, 0.717) is 12.5 Å². The summed E-state index contributed by atoms with van der Waals surface area (Å²) in [5.74, 6) is -3.75. The first-order valence-corrected chi connectivity index (χ1v) is 5.63. The molecule has 0 aliphatic rings. The highest BCUT2D eigenvalue weighted by Crippen LogP contribution is 2.31. The molecule has 19 heavy (non-hydrogen) atoms. The van der Waals surface area contributed by atoms with Crippen molar-refractivity contribution in [1.29, 1.82) is 0 Å². The fourth-order valence-corrected chi connectivity index (χ4v) is 1.81. The van der Waals surface area contributed by atoms with Gasteiger partial charge in [0.25, 0.3) is 5.92 Å². The second-order valence-electron chi connectivity index (χ2n) is 4.02. The highest BCUT2D eigenvalue weighted by atomic mass is 35.5. The van der Waals surface area contributed by atoms with Crippen molar-refractivity contribution in [2.24, 2.45) is 0 Å². The van der Waals surface area contributed by atoms with E-state index in [1.54, 1.807) is 0 Å². The van der Waals surface area contributed by atoms with Crippen LogP contribution in [0.4, 0.5) is 18.9 Å². The molecular formula is C12H9ClF3N3. The molecule has 0 radical (unpaired) electrons. The van der Waals surface area contributed by atoms with Crippen molar-refractivity contribution in [2.75, 3.05) is 5.73 Å². The highest BCUT2D eigenvalue weighted by Gasteiger charge is 2.30. The number of nitrogens with two attached hydrogens (primary N) is 1. The number of hydrogen-bond acceptors (Lipinski definition) is 3. The molecule has 0 saturated heterocycles. The molecule has 0 aliphatic carbocycles. The van der Waals surface area contributed by atoms with Crippen molar-refractivity contribution >= 4 is 17.3 Å². The zero-order chi connectivity index (χ0) is 14.2. The average molecular weight is 288 g/mol. The average Bonchev–Trinajstić information content (AvgIpc) is 2.31. The molecule has 2 aromatic rings. The van der Waals surface area contributed by atoms with Crippen LogP contribution in [0.3, 0.4) is 0 Å². The van der Waals surface area contributed by atoms with Crippen LogP contribution in [0.25, 0.3) is 11.3 Å². The van der Waals surface area contributed by atoms with Gasteiger partial charge in [-0.05, 0) is 18.2 Å². The van der Waals surface area contributed by atoms with Crippen LogP contribution in [0.2, 0.25) is 5.15 Å². The van der Waals surface area contributed by atoms with E-state index in [0.717, 1.165) is 12.3 Å². The molecule has 2 N–H and O–H groups in total. The third kappa shape index (κ3) is 2.78. The molecule has 1 aromatic heterocycles. The van der Waals surface area contributed by atoms with E-state index in [-0.39, 0.29) is 11.4 Å². The molecular weight excluding hydrogens is 279 g/mol. The number of halogens is 4. The van der Waals surface area contributed by atoms with Gasteiger partial charge in [-0.2, -0.15) is 8.78 Å². The summed E-state index contributed by atoms with van der Waals surface area (Å²) in [7, 11) is 0. The molecule has 0 unspecified atom stereocenters. The van der Waals surface area contributed by atoms with Crippen LogP contribution in [-0.2, 0) is 5.92 Å².